The Morgan fingerprint density at radius 3 is 3.16 bits per heavy atom. The Balaban J connectivity index is 1.40. The molecule has 4 rings (SSSR count). The van der Waals surface area contributed by atoms with Crippen LogP contribution in [0.25, 0.3) is 0 Å². The van der Waals surface area contributed by atoms with Gasteiger partial charge in [-0.15, -0.1) is 0 Å². The molecule has 1 amide bonds. The normalized spacial score (nSPS) is 25.9. The zero-order valence-electron chi connectivity index (χ0n) is 14.4. The number of nitrogens with one attached hydrogen (secondary N) is 1. The van der Waals surface area contributed by atoms with Crippen molar-refractivity contribution >= 4 is 5.91 Å². The minimum Gasteiger partial charge on any atom is -0.380 e. The van der Waals surface area contributed by atoms with Crippen molar-refractivity contribution in [2.24, 2.45) is 18.4 Å². The van der Waals surface area contributed by atoms with Crippen molar-refractivity contribution in [2.45, 2.75) is 6.54 Å². The summed E-state index contributed by atoms with van der Waals surface area (Å²) in [5.74, 6) is 0.386. The molecule has 0 spiro atoms. The highest BCUT2D eigenvalue weighted by Crippen LogP contribution is 2.41. The third-order valence-electron chi connectivity index (χ3n) is 5.28. The number of amides is 1. The molecule has 0 aliphatic carbocycles. The second kappa shape index (κ2) is 6.57. The summed E-state index contributed by atoms with van der Waals surface area (Å²) < 4.78 is 7.58. The van der Waals surface area contributed by atoms with Gasteiger partial charge >= 0.3 is 0 Å². The van der Waals surface area contributed by atoms with E-state index in [1.807, 2.05) is 17.9 Å². The molecule has 2 aromatic heterocycles. The highest BCUT2D eigenvalue weighted by molar-refractivity contribution is 5.93. The van der Waals surface area contributed by atoms with E-state index in [0.29, 0.717) is 24.6 Å². The van der Waals surface area contributed by atoms with E-state index in [1.54, 1.807) is 24.5 Å². The highest BCUT2D eigenvalue weighted by atomic mass is 16.5. The van der Waals surface area contributed by atoms with E-state index in [4.69, 9.17) is 4.74 Å². The zero-order valence-corrected chi connectivity index (χ0v) is 14.4. The van der Waals surface area contributed by atoms with Crippen LogP contribution in [0.5, 0.6) is 0 Å². The summed E-state index contributed by atoms with van der Waals surface area (Å²) in [4.78, 5) is 18.8. The molecule has 7 heteroatoms. The topological polar surface area (TPSA) is 72.3 Å². The smallest absolute Gasteiger partial charge is 0.252 e. The Morgan fingerprint density at radius 1 is 1.48 bits per heavy atom. The quantitative estimate of drug-likeness (QED) is 0.866. The van der Waals surface area contributed by atoms with Gasteiger partial charge in [0.05, 0.1) is 25.0 Å². The minimum absolute atomic E-state index is 0.0000772. The molecule has 0 radical (unpaired) electrons. The SMILES string of the molecule is Cn1cc(CN2C[C@@H]3COC[C@]3(CNC(=O)c3cccnc3)C2)cn1. The van der Waals surface area contributed by atoms with Gasteiger partial charge in [-0.25, -0.2) is 0 Å². The van der Waals surface area contributed by atoms with E-state index < -0.39 is 0 Å². The summed E-state index contributed by atoms with van der Waals surface area (Å²) in [5, 5.41) is 7.33. The third-order valence-corrected chi connectivity index (χ3v) is 5.28. The molecule has 1 N–H and O–H groups in total. The maximum absolute atomic E-state index is 12.3. The van der Waals surface area contributed by atoms with Gasteiger partial charge in [-0.05, 0) is 12.1 Å². The molecular weight excluding hydrogens is 318 g/mol. The molecule has 2 aromatic rings. The van der Waals surface area contributed by atoms with Gasteiger partial charge in [0.25, 0.3) is 5.91 Å². The fourth-order valence-electron chi connectivity index (χ4n) is 3.98. The molecule has 132 valence electrons. The highest BCUT2D eigenvalue weighted by Gasteiger charge is 2.50. The van der Waals surface area contributed by atoms with Crippen molar-refractivity contribution in [2.75, 3.05) is 32.8 Å². The first-order valence-electron chi connectivity index (χ1n) is 8.60. The van der Waals surface area contributed by atoms with Gasteiger partial charge in [-0.1, -0.05) is 0 Å². The van der Waals surface area contributed by atoms with Crippen molar-refractivity contribution in [1.29, 1.82) is 0 Å². The summed E-state index contributed by atoms with van der Waals surface area (Å²) in [6, 6.07) is 3.56. The average molecular weight is 341 g/mol. The van der Waals surface area contributed by atoms with Crippen molar-refractivity contribution in [3.05, 3.63) is 48.0 Å². The summed E-state index contributed by atoms with van der Waals surface area (Å²) in [5.41, 5.74) is 1.82. The van der Waals surface area contributed by atoms with Crippen LogP contribution in [0.4, 0.5) is 0 Å². The first-order chi connectivity index (χ1) is 12.1. The number of rotatable bonds is 5. The van der Waals surface area contributed by atoms with Crippen LogP contribution in [0.15, 0.2) is 36.9 Å². The number of carbonyl (C=O) groups is 1. The molecule has 2 fully saturated rings. The van der Waals surface area contributed by atoms with E-state index in [0.717, 1.165) is 26.2 Å². The lowest BCUT2D eigenvalue weighted by Crippen LogP contribution is -2.43. The maximum atomic E-state index is 12.3. The van der Waals surface area contributed by atoms with Gasteiger partial charge in [0.2, 0.25) is 0 Å². The van der Waals surface area contributed by atoms with Gasteiger partial charge in [0.15, 0.2) is 0 Å². The Labute approximate surface area is 147 Å². The largest absolute Gasteiger partial charge is 0.380 e. The number of hydrogen-bond acceptors (Lipinski definition) is 5. The lowest BCUT2D eigenvalue weighted by Gasteiger charge is -2.27. The van der Waals surface area contributed by atoms with Crippen molar-refractivity contribution in [3.63, 3.8) is 0 Å². The van der Waals surface area contributed by atoms with Gasteiger partial charge in [-0.3, -0.25) is 19.4 Å². The van der Waals surface area contributed by atoms with Crippen LogP contribution in [0.2, 0.25) is 0 Å². The molecule has 7 nitrogen and oxygen atoms in total. The van der Waals surface area contributed by atoms with E-state index in [-0.39, 0.29) is 11.3 Å². The number of fused-ring (bicyclic) bond motifs is 1. The number of aryl methyl sites for hydroxylation is 1. The fourth-order valence-corrected chi connectivity index (χ4v) is 3.98. The van der Waals surface area contributed by atoms with Gasteiger partial charge in [0.1, 0.15) is 0 Å². The number of pyridine rings is 1. The monoisotopic (exact) mass is 341 g/mol. The predicted octanol–water partition coefficient (Wildman–Crippen LogP) is 0.694. The second-order valence-electron chi connectivity index (χ2n) is 7.19. The van der Waals surface area contributed by atoms with Crippen LogP contribution < -0.4 is 5.32 Å². The molecule has 4 heterocycles. The number of hydrogen-bond donors (Lipinski definition) is 1. The number of aromatic nitrogens is 3. The van der Waals surface area contributed by atoms with Crippen LogP contribution in [-0.4, -0.2) is 58.4 Å². The number of ether oxygens (including phenoxy) is 1. The maximum Gasteiger partial charge on any atom is 0.252 e. The number of likely N-dealkylation sites (tertiary alicyclic amines) is 1. The molecule has 2 atom stereocenters. The second-order valence-corrected chi connectivity index (χ2v) is 7.19. The van der Waals surface area contributed by atoms with Crippen LogP contribution in [0.3, 0.4) is 0 Å². The summed E-state index contributed by atoms with van der Waals surface area (Å²) in [6.07, 6.45) is 7.24. The van der Waals surface area contributed by atoms with Gasteiger partial charge in [0, 0.05) is 68.7 Å². The number of nitrogens with zero attached hydrogens (tertiary/aromatic N) is 4. The Morgan fingerprint density at radius 2 is 2.40 bits per heavy atom. The van der Waals surface area contributed by atoms with Crippen LogP contribution in [0, 0.1) is 11.3 Å². The summed E-state index contributed by atoms with van der Waals surface area (Å²) in [6.45, 7) is 4.93. The van der Waals surface area contributed by atoms with E-state index in [2.05, 4.69) is 26.5 Å². The third kappa shape index (κ3) is 3.29. The fraction of sp³-hybridized carbons (Fsp3) is 0.500. The minimum atomic E-state index is -0.0705. The molecular formula is C18H23N5O2. The molecule has 0 aromatic carbocycles. The lowest BCUT2D eigenvalue weighted by atomic mass is 9.81. The van der Waals surface area contributed by atoms with Crippen molar-refractivity contribution < 1.29 is 9.53 Å². The number of carbonyl (C=O) groups excluding carboxylic acids is 1. The lowest BCUT2D eigenvalue weighted by molar-refractivity contribution is 0.0904. The first-order valence-corrected chi connectivity index (χ1v) is 8.60. The molecule has 2 aliphatic heterocycles. The Hall–Kier alpha value is -2.25. The van der Waals surface area contributed by atoms with Crippen LogP contribution in [-0.2, 0) is 18.3 Å². The molecule has 0 bridgehead atoms. The molecule has 25 heavy (non-hydrogen) atoms. The molecule has 2 saturated heterocycles. The van der Waals surface area contributed by atoms with Crippen LogP contribution in [0.1, 0.15) is 15.9 Å². The molecule has 2 aliphatic rings. The van der Waals surface area contributed by atoms with Crippen LogP contribution >= 0.6 is 0 Å². The Kier molecular flexibility index (Phi) is 4.27. The standard InChI is InChI=1S/C18H23N5O2/c1-22-7-14(5-21-22)8-23-9-16-10-25-13-18(16,12-23)11-20-17(24)15-3-2-4-19-6-15/h2-7,16H,8-13H2,1H3,(H,20,24)/t16-,18+/m1/s1. The van der Waals surface area contributed by atoms with Gasteiger partial charge < -0.3 is 10.1 Å². The zero-order chi connectivity index (χ0) is 17.3. The predicted molar refractivity (Wildman–Crippen MR) is 91.8 cm³/mol. The van der Waals surface area contributed by atoms with Gasteiger partial charge in [-0.2, -0.15) is 5.10 Å². The Bertz CT molecular complexity index is 747. The molecule has 0 saturated carbocycles. The van der Waals surface area contributed by atoms with E-state index in [1.165, 1.54) is 5.56 Å². The van der Waals surface area contributed by atoms with E-state index >= 15 is 0 Å². The summed E-state index contributed by atoms with van der Waals surface area (Å²) >= 11 is 0. The van der Waals surface area contributed by atoms with Crippen molar-refractivity contribution in [3.8, 4) is 0 Å². The van der Waals surface area contributed by atoms with E-state index in [9.17, 15) is 4.79 Å². The van der Waals surface area contributed by atoms with Crippen molar-refractivity contribution in [1.82, 2.24) is 25.0 Å². The first kappa shape index (κ1) is 16.2. The summed E-state index contributed by atoms with van der Waals surface area (Å²) in [7, 11) is 1.94. The molecule has 0 unspecified atom stereocenters. The average Bonchev–Trinajstić information content (AvgIpc) is 3.28.